The largest absolute Gasteiger partial charge is 0.491 e. The van der Waals surface area contributed by atoms with Gasteiger partial charge in [0.25, 0.3) is 0 Å². The van der Waals surface area contributed by atoms with E-state index in [2.05, 4.69) is 43.0 Å². The lowest BCUT2D eigenvalue weighted by Gasteiger charge is -2.25. The predicted octanol–water partition coefficient (Wildman–Crippen LogP) is 4.42. The van der Waals surface area contributed by atoms with Crippen molar-refractivity contribution >= 4 is 5.78 Å². The lowest BCUT2D eigenvalue weighted by atomic mass is 10.0. The van der Waals surface area contributed by atoms with Crippen molar-refractivity contribution < 1.29 is 14.6 Å². The summed E-state index contributed by atoms with van der Waals surface area (Å²) in [5, 5.41) is 10.5. The molecule has 0 radical (unpaired) electrons. The third-order valence-electron chi connectivity index (χ3n) is 5.22. The Morgan fingerprint density at radius 2 is 1.89 bits per heavy atom. The van der Waals surface area contributed by atoms with Gasteiger partial charge in [0.2, 0.25) is 0 Å². The molecule has 1 N–H and O–H groups in total. The lowest BCUT2D eigenvalue weighted by Crippen LogP contribution is -2.36. The first-order valence-electron chi connectivity index (χ1n) is 10.2. The zero-order chi connectivity index (χ0) is 20.1. The fourth-order valence-electron chi connectivity index (χ4n) is 3.35. The zero-order valence-corrected chi connectivity index (χ0v) is 17.1. The van der Waals surface area contributed by atoms with E-state index in [9.17, 15) is 9.90 Å². The van der Waals surface area contributed by atoms with Gasteiger partial charge in [-0.25, -0.2) is 0 Å². The average Bonchev–Trinajstić information content (AvgIpc) is 3.52. The number of hydrogen-bond acceptors (Lipinski definition) is 4. The number of carbonyl (C=O) groups excluding carboxylic acids is 1. The van der Waals surface area contributed by atoms with Crippen LogP contribution in [0, 0.1) is 0 Å². The number of ketones is 1. The molecule has 0 saturated heterocycles. The fourth-order valence-corrected chi connectivity index (χ4v) is 3.35. The maximum Gasteiger partial charge on any atom is 0.159 e. The van der Waals surface area contributed by atoms with Crippen molar-refractivity contribution in [1.82, 2.24) is 4.90 Å². The van der Waals surface area contributed by atoms with E-state index in [1.54, 1.807) is 18.2 Å². The van der Waals surface area contributed by atoms with Crippen LogP contribution in [-0.2, 0) is 6.54 Å². The summed E-state index contributed by atoms with van der Waals surface area (Å²) in [6.07, 6.45) is 1.81. The van der Waals surface area contributed by atoms with Gasteiger partial charge >= 0.3 is 0 Å². The van der Waals surface area contributed by atoms with E-state index in [1.807, 2.05) is 6.07 Å². The van der Waals surface area contributed by atoms with E-state index in [0.717, 1.165) is 6.54 Å². The Hall–Kier alpha value is -2.17. The van der Waals surface area contributed by atoms with Gasteiger partial charge in [0.05, 0.1) is 0 Å². The normalized spacial score (nSPS) is 15.1. The van der Waals surface area contributed by atoms with Gasteiger partial charge in [-0.3, -0.25) is 9.69 Å². The van der Waals surface area contributed by atoms with Crippen LogP contribution in [0.4, 0.5) is 0 Å². The summed E-state index contributed by atoms with van der Waals surface area (Å²) in [6, 6.07) is 16.5. The van der Waals surface area contributed by atoms with Gasteiger partial charge in [0, 0.05) is 24.7 Å². The average molecular weight is 382 g/mol. The summed E-state index contributed by atoms with van der Waals surface area (Å²) in [6.45, 7) is 7.59. The fraction of sp³-hybridized carbons (Fsp3) is 0.458. The quantitative estimate of drug-likeness (QED) is 0.619. The minimum absolute atomic E-state index is 0.00870. The predicted molar refractivity (Wildman–Crippen MR) is 112 cm³/mol. The molecule has 3 rings (SSSR count). The molecule has 0 spiro atoms. The molecule has 4 heteroatoms. The molecule has 1 saturated carbocycles. The number of aliphatic hydroxyl groups excluding tert-OH is 1. The van der Waals surface area contributed by atoms with Crippen LogP contribution in [-0.4, -0.2) is 41.1 Å². The van der Waals surface area contributed by atoms with Gasteiger partial charge in [0.15, 0.2) is 5.78 Å². The molecule has 1 fully saturated rings. The van der Waals surface area contributed by atoms with Crippen molar-refractivity contribution in [3.8, 4) is 5.75 Å². The number of hydrogen-bond donors (Lipinski definition) is 1. The van der Waals surface area contributed by atoms with Crippen LogP contribution in [0.2, 0.25) is 0 Å². The van der Waals surface area contributed by atoms with Crippen LogP contribution < -0.4 is 4.74 Å². The molecule has 28 heavy (non-hydrogen) atoms. The van der Waals surface area contributed by atoms with Gasteiger partial charge < -0.3 is 9.84 Å². The summed E-state index contributed by atoms with van der Waals surface area (Å²) >= 11 is 0. The van der Waals surface area contributed by atoms with E-state index in [4.69, 9.17) is 4.74 Å². The van der Waals surface area contributed by atoms with Crippen molar-refractivity contribution in [3.63, 3.8) is 0 Å². The number of benzene rings is 2. The first-order chi connectivity index (χ1) is 13.4. The van der Waals surface area contributed by atoms with E-state index < -0.39 is 6.10 Å². The van der Waals surface area contributed by atoms with Crippen molar-refractivity contribution in [2.24, 2.45) is 0 Å². The van der Waals surface area contributed by atoms with Crippen LogP contribution in [0.3, 0.4) is 0 Å². The molecule has 0 aromatic heterocycles. The Morgan fingerprint density at radius 3 is 2.50 bits per heavy atom. The molecule has 0 heterocycles. The molecule has 4 nitrogen and oxygen atoms in total. The highest BCUT2D eigenvalue weighted by Crippen LogP contribution is 2.29. The SMILES string of the molecule is CC(=O)c1cccc(OCC(O)CN(Cc2ccc(C(C)C)cc2)C2CC2)c1. The Balaban J connectivity index is 1.54. The second-order valence-electron chi connectivity index (χ2n) is 8.11. The standard InChI is InChI=1S/C24H31NO3/c1-17(2)20-9-7-19(8-10-20)14-25(22-11-12-22)15-23(27)16-28-24-6-4-5-21(13-24)18(3)26/h4-10,13,17,22-23,27H,11-12,14-16H2,1-3H3. The van der Waals surface area contributed by atoms with Crippen molar-refractivity contribution in [1.29, 1.82) is 0 Å². The molecule has 1 unspecified atom stereocenters. The molecule has 2 aromatic carbocycles. The lowest BCUT2D eigenvalue weighted by molar-refractivity contribution is 0.0626. The van der Waals surface area contributed by atoms with Gasteiger partial charge in [-0.2, -0.15) is 0 Å². The number of nitrogens with zero attached hydrogens (tertiary/aromatic N) is 1. The van der Waals surface area contributed by atoms with Gasteiger partial charge in [0.1, 0.15) is 18.5 Å². The van der Waals surface area contributed by atoms with Gasteiger partial charge in [-0.05, 0) is 48.9 Å². The summed E-state index contributed by atoms with van der Waals surface area (Å²) in [5.41, 5.74) is 3.25. The summed E-state index contributed by atoms with van der Waals surface area (Å²) in [4.78, 5) is 13.8. The summed E-state index contributed by atoms with van der Waals surface area (Å²) in [7, 11) is 0. The number of aliphatic hydroxyl groups is 1. The third-order valence-corrected chi connectivity index (χ3v) is 5.22. The Bertz CT molecular complexity index is 781. The first-order valence-corrected chi connectivity index (χ1v) is 10.2. The molecule has 2 aromatic rings. The third kappa shape index (κ3) is 5.91. The Labute approximate surface area is 168 Å². The molecular formula is C24H31NO3. The maximum absolute atomic E-state index is 11.5. The molecule has 1 aliphatic carbocycles. The zero-order valence-electron chi connectivity index (χ0n) is 17.1. The molecular weight excluding hydrogens is 350 g/mol. The Kier molecular flexibility index (Phi) is 6.87. The smallest absolute Gasteiger partial charge is 0.159 e. The molecule has 0 bridgehead atoms. The summed E-state index contributed by atoms with van der Waals surface area (Å²) < 4.78 is 5.72. The van der Waals surface area contributed by atoms with Crippen LogP contribution in [0.15, 0.2) is 48.5 Å². The molecule has 0 amide bonds. The first kappa shape index (κ1) is 20.6. The second-order valence-corrected chi connectivity index (χ2v) is 8.11. The maximum atomic E-state index is 11.5. The van der Waals surface area contributed by atoms with E-state index in [1.165, 1.54) is 30.9 Å². The topological polar surface area (TPSA) is 49.8 Å². The minimum Gasteiger partial charge on any atom is -0.491 e. The molecule has 1 atom stereocenters. The number of Topliss-reactive ketones (excluding diaryl/α,β-unsaturated/α-hetero) is 1. The van der Waals surface area contributed by atoms with Crippen LogP contribution >= 0.6 is 0 Å². The monoisotopic (exact) mass is 381 g/mol. The molecule has 1 aliphatic rings. The summed E-state index contributed by atoms with van der Waals surface area (Å²) in [5.74, 6) is 1.16. The highest BCUT2D eigenvalue weighted by Gasteiger charge is 2.30. The van der Waals surface area contributed by atoms with E-state index in [-0.39, 0.29) is 12.4 Å². The van der Waals surface area contributed by atoms with Crippen LogP contribution in [0.5, 0.6) is 5.75 Å². The van der Waals surface area contributed by atoms with Gasteiger partial charge in [-0.15, -0.1) is 0 Å². The molecule has 150 valence electrons. The van der Waals surface area contributed by atoms with Crippen molar-refractivity contribution in [2.75, 3.05) is 13.2 Å². The number of carbonyl (C=O) groups is 1. The van der Waals surface area contributed by atoms with Crippen LogP contribution in [0.1, 0.15) is 61.0 Å². The molecule has 0 aliphatic heterocycles. The Morgan fingerprint density at radius 1 is 1.18 bits per heavy atom. The van der Waals surface area contributed by atoms with Crippen molar-refractivity contribution in [3.05, 3.63) is 65.2 Å². The second kappa shape index (κ2) is 9.35. The number of rotatable bonds is 10. The number of ether oxygens (including phenoxy) is 1. The highest BCUT2D eigenvalue weighted by atomic mass is 16.5. The van der Waals surface area contributed by atoms with Crippen molar-refractivity contribution in [2.45, 2.75) is 58.2 Å². The van der Waals surface area contributed by atoms with Crippen LogP contribution in [0.25, 0.3) is 0 Å². The minimum atomic E-state index is -0.573. The van der Waals surface area contributed by atoms with E-state index >= 15 is 0 Å². The highest BCUT2D eigenvalue weighted by molar-refractivity contribution is 5.94. The van der Waals surface area contributed by atoms with E-state index in [0.29, 0.717) is 29.8 Å². The van der Waals surface area contributed by atoms with Gasteiger partial charge in [-0.1, -0.05) is 50.2 Å².